The molecule has 144 valence electrons. The largest absolute Gasteiger partial charge is 0.490 e. The molecule has 1 aliphatic carbocycles. The number of allylic oxidation sites excluding steroid dienone is 1. The van der Waals surface area contributed by atoms with Gasteiger partial charge < -0.3 is 20.1 Å². The molecule has 2 amide bonds. The average molecular weight is 360 g/mol. The van der Waals surface area contributed by atoms with Crippen LogP contribution in [0.15, 0.2) is 30.0 Å². The summed E-state index contributed by atoms with van der Waals surface area (Å²) in [5.74, 6) is 2.15. The molecular weight excluding hydrogens is 328 g/mol. The van der Waals surface area contributed by atoms with Crippen LogP contribution in [0, 0.1) is 5.92 Å². The van der Waals surface area contributed by atoms with Gasteiger partial charge in [-0.25, -0.2) is 4.79 Å². The van der Waals surface area contributed by atoms with E-state index in [4.69, 9.17) is 9.47 Å². The van der Waals surface area contributed by atoms with Gasteiger partial charge in [-0.15, -0.1) is 0 Å². The van der Waals surface area contributed by atoms with E-state index in [0.717, 1.165) is 23.5 Å². The first-order valence-electron chi connectivity index (χ1n) is 9.73. The second kappa shape index (κ2) is 10.7. The predicted octanol–water partition coefficient (Wildman–Crippen LogP) is 4.42. The van der Waals surface area contributed by atoms with Crippen molar-refractivity contribution in [2.24, 2.45) is 5.92 Å². The predicted molar refractivity (Wildman–Crippen MR) is 105 cm³/mol. The molecule has 0 atom stereocenters. The molecular formula is C21H32N2O3. The van der Waals surface area contributed by atoms with Crippen LogP contribution in [0.1, 0.15) is 52.0 Å². The maximum absolute atomic E-state index is 11.9. The molecule has 1 aromatic rings. The van der Waals surface area contributed by atoms with Crippen molar-refractivity contribution >= 4 is 6.03 Å². The first-order chi connectivity index (χ1) is 12.6. The monoisotopic (exact) mass is 360 g/mol. The van der Waals surface area contributed by atoms with Gasteiger partial charge in [-0.05, 0) is 63.6 Å². The van der Waals surface area contributed by atoms with E-state index in [9.17, 15) is 4.79 Å². The zero-order chi connectivity index (χ0) is 18.8. The Balaban J connectivity index is 1.78. The third-order valence-electron chi connectivity index (χ3n) is 4.74. The fourth-order valence-corrected chi connectivity index (χ4v) is 3.30. The van der Waals surface area contributed by atoms with Crippen molar-refractivity contribution in [2.75, 3.05) is 19.8 Å². The molecule has 1 aromatic carbocycles. The topological polar surface area (TPSA) is 59.6 Å². The Morgan fingerprint density at radius 3 is 2.54 bits per heavy atom. The van der Waals surface area contributed by atoms with Gasteiger partial charge in [0, 0.05) is 12.7 Å². The van der Waals surface area contributed by atoms with Gasteiger partial charge >= 0.3 is 6.03 Å². The maximum atomic E-state index is 11.9. The van der Waals surface area contributed by atoms with E-state index >= 15 is 0 Å². The molecule has 0 radical (unpaired) electrons. The van der Waals surface area contributed by atoms with Crippen LogP contribution < -0.4 is 20.1 Å². The Kier molecular flexibility index (Phi) is 8.32. The van der Waals surface area contributed by atoms with Crippen molar-refractivity contribution in [3.63, 3.8) is 0 Å². The van der Waals surface area contributed by atoms with Crippen LogP contribution in [0.2, 0.25) is 0 Å². The summed E-state index contributed by atoms with van der Waals surface area (Å²) in [5, 5.41) is 5.75. The highest BCUT2D eigenvalue weighted by Gasteiger charge is 2.16. The van der Waals surface area contributed by atoms with Gasteiger partial charge in [-0.3, -0.25) is 0 Å². The Bertz CT molecular complexity index is 607. The lowest BCUT2D eigenvalue weighted by atomic mass is 10.0. The van der Waals surface area contributed by atoms with E-state index in [-0.39, 0.29) is 6.03 Å². The van der Waals surface area contributed by atoms with Gasteiger partial charge in [-0.1, -0.05) is 24.5 Å². The van der Waals surface area contributed by atoms with Crippen molar-refractivity contribution in [1.29, 1.82) is 0 Å². The molecule has 26 heavy (non-hydrogen) atoms. The Morgan fingerprint density at radius 2 is 1.85 bits per heavy atom. The van der Waals surface area contributed by atoms with E-state index in [1.165, 1.54) is 31.3 Å². The first-order valence-corrected chi connectivity index (χ1v) is 9.73. The SMILES string of the molecule is CCOc1ccc(CCNC(=O)N/C=C(\C)C2CCCC2)cc1OCC. The number of nitrogens with one attached hydrogen (secondary N) is 2. The number of hydrogen-bond acceptors (Lipinski definition) is 3. The number of hydrogen-bond donors (Lipinski definition) is 2. The van der Waals surface area contributed by atoms with Gasteiger partial charge in [-0.2, -0.15) is 0 Å². The minimum absolute atomic E-state index is 0.154. The quantitative estimate of drug-likeness (QED) is 0.685. The fraction of sp³-hybridized carbons (Fsp3) is 0.571. The average Bonchev–Trinajstić information content (AvgIpc) is 3.17. The summed E-state index contributed by atoms with van der Waals surface area (Å²) in [6.45, 7) is 7.78. The van der Waals surface area contributed by atoms with Crippen LogP contribution in [0.5, 0.6) is 11.5 Å². The van der Waals surface area contributed by atoms with Gasteiger partial charge in [0.25, 0.3) is 0 Å². The third-order valence-corrected chi connectivity index (χ3v) is 4.74. The van der Waals surface area contributed by atoms with Gasteiger partial charge in [0.05, 0.1) is 13.2 Å². The molecule has 0 unspecified atom stereocenters. The number of urea groups is 1. The van der Waals surface area contributed by atoms with Crippen LogP contribution in [-0.4, -0.2) is 25.8 Å². The molecule has 0 heterocycles. The van der Waals surface area contributed by atoms with Crippen LogP contribution in [0.25, 0.3) is 0 Å². The van der Waals surface area contributed by atoms with E-state index in [0.29, 0.717) is 25.7 Å². The van der Waals surface area contributed by atoms with Crippen LogP contribution in [-0.2, 0) is 6.42 Å². The smallest absolute Gasteiger partial charge is 0.318 e. The molecule has 1 fully saturated rings. The minimum atomic E-state index is -0.154. The molecule has 5 heteroatoms. The molecule has 0 bridgehead atoms. The summed E-state index contributed by atoms with van der Waals surface area (Å²) in [6.07, 6.45) is 7.68. The molecule has 2 N–H and O–H groups in total. The summed E-state index contributed by atoms with van der Waals surface area (Å²) < 4.78 is 11.2. The zero-order valence-electron chi connectivity index (χ0n) is 16.3. The first kappa shape index (κ1) is 20.1. The second-order valence-electron chi connectivity index (χ2n) is 6.67. The van der Waals surface area contributed by atoms with Crippen molar-refractivity contribution in [3.8, 4) is 11.5 Å². The van der Waals surface area contributed by atoms with E-state index in [1.54, 1.807) is 0 Å². The van der Waals surface area contributed by atoms with Crippen LogP contribution >= 0.6 is 0 Å². The molecule has 5 nitrogen and oxygen atoms in total. The number of rotatable bonds is 9. The molecule has 0 saturated heterocycles. The standard InChI is InChI=1S/C21H32N2O3/c1-4-25-19-11-10-17(14-20(19)26-5-2)12-13-22-21(24)23-15-16(3)18-8-6-7-9-18/h10-11,14-15,18H,4-9,12-13H2,1-3H3,(H2,22,23,24)/b16-15+. The molecule has 0 spiro atoms. The van der Waals surface area contributed by atoms with Crippen molar-refractivity contribution in [3.05, 3.63) is 35.5 Å². The summed E-state index contributed by atoms with van der Waals surface area (Å²) in [7, 11) is 0. The number of carbonyl (C=O) groups excluding carboxylic acids is 1. The van der Waals surface area contributed by atoms with Crippen LogP contribution in [0.4, 0.5) is 4.79 Å². The number of benzene rings is 1. The summed E-state index contributed by atoms with van der Waals surface area (Å²) in [6, 6.07) is 5.77. The minimum Gasteiger partial charge on any atom is -0.490 e. The Labute approximate surface area is 157 Å². The number of ether oxygens (including phenoxy) is 2. The van der Waals surface area contributed by atoms with E-state index < -0.39 is 0 Å². The molecule has 2 rings (SSSR count). The highest BCUT2D eigenvalue weighted by Crippen LogP contribution is 2.30. The maximum Gasteiger partial charge on any atom is 0.318 e. The van der Waals surface area contributed by atoms with Gasteiger partial charge in [0.2, 0.25) is 0 Å². The summed E-state index contributed by atoms with van der Waals surface area (Å²) in [5.41, 5.74) is 2.38. The molecule has 1 saturated carbocycles. The van der Waals surface area contributed by atoms with Crippen molar-refractivity contribution < 1.29 is 14.3 Å². The number of carbonyl (C=O) groups is 1. The van der Waals surface area contributed by atoms with Crippen molar-refractivity contribution in [1.82, 2.24) is 10.6 Å². The normalized spacial score (nSPS) is 15.0. The summed E-state index contributed by atoms with van der Waals surface area (Å²) >= 11 is 0. The van der Waals surface area contributed by atoms with Gasteiger partial charge in [0.1, 0.15) is 0 Å². The molecule has 0 aliphatic heterocycles. The second-order valence-corrected chi connectivity index (χ2v) is 6.67. The molecule has 1 aliphatic rings. The van der Waals surface area contributed by atoms with E-state index in [1.807, 2.05) is 38.2 Å². The van der Waals surface area contributed by atoms with E-state index in [2.05, 4.69) is 17.6 Å². The zero-order valence-corrected chi connectivity index (χ0v) is 16.3. The highest BCUT2D eigenvalue weighted by molar-refractivity contribution is 5.74. The summed E-state index contributed by atoms with van der Waals surface area (Å²) in [4.78, 5) is 11.9. The highest BCUT2D eigenvalue weighted by atomic mass is 16.5. The van der Waals surface area contributed by atoms with Crippen molar-refractivity contribution in [2.45, 2.75) is 52.9 Å². The number of amides is 2. The molecule has 0 aromatic heterocycles. The third kappa shape index (κ3) is 6.28. The van der Waals surface area contributed by atoms with Crippen LogP contribution in [0.3, 0.4) is 0 Å². The Hall–Kier alpha value is -2.17. The Morgan fingerprint density at radius 1 is 1.15 bits per heavy atom. The lowest BCUT2D eigenvalue weighted by Gasteiger charge is -2.13. The fourth-order valence-electron chi connectivity index (χ4n) is 3.30. The van der Waals surface area contributed by atoms with Gasteiger partial charge in [0.15, 0.2) is 11.5 Å². The lowest BCUT2D eigenvalue weighted by molar-refractivity contribution is 0.244. The lowest BCUT2D eigenvalue weighted by Crippen LogP contribution is -2.33.